The maximum atomic E-state index is 12.4. The van der Waals surface area contributed by atoms with Gasteiger partial charge in [0, 0.05) is 35.8 Å². The molecule has 2 atom stereocenters. The van der Waals surface area contributed by atoms with Crippen LogP contribution in [0.5, 0.6) is 0 Å². The minimum Gasteiger partial charge on any atom is -0.350 e. The molecule has 2 unspecified atom stereocenters. The molecule has 2 amide bonds. The molecule has 2 heterocycles. The van der Waals surface area contributed by atoms with Crippen LogP contribution in [0, 0.1) is 12.8 Å². The molecule has 0 radical (unpaired) electrons. The Hall–Kier alpha value is -1.88. The van der Waals surface area contributed by atoms with E-state index >= 15 is 0 Å². The Balaban J connectivity index is 1.56. The van der Waals surface area contributed by atoms with Crippen LogP contribution in [-0.4, -0.2) is 29.9 Å². The molecule has 2 bridgehead atoms. The lowest BCUT2D eigenvalue weighted by atomic mass is 9.89. The van der Waals surface area contributed by atoms with Gasteiger partial charge in [0.05, 0.1) is 0 Å². The maximum Gasteiger partial charge on any atom is 0.251 e. The van der Waals surface area contributed by atoms with Crippen LogP contribution in [-0.2, 0) is 4.79 Å². The Morgan fingerprint density at radius 2 is 1.88 bits per heavy atom. The van der Waals surface area contributed by atoms with Crippen LogP contribution in [0.3, 0.4) is 0 Å². The van der Waals surface area contributed by atoms with Gasteiger partial charge in [0.25, 0.3) is 5.91 Å². The zero-order valence-electron chi connectivity index (χ0n) is 15.4. The molecule has 0 aliphatic carbocycles. The Morgan fingerprint density at radius 1 is 1.20 bits per heavy atom. The summed E-state index contributed by atoms with van der Waals surface area (Å²) in [6, 6.07) is 6.79. The third-order valence-electron chi connectivity index (χ3n) is 5.22. The Bertz CT molecular complexity index is 644. The van der Waals surface area contributed by atoms with E-state index in [4.69, 9.17) is 0 Å². The Morgan fingerprint density at radius 3 is 2.48 bits per heavy atom. The zero-order chi connectivity index (χ0) is 18.0. The van der Waals surface area contributed by atoms with Crippen molar-refractivity contribution < 1.29 is 9.59 Å². The number of benzene rings is 1. The van der Waals surface area contributed by atoms with Crippen molar-refractivity contribution in [2.45, 2.75) is 71.0 Å². The van der Waals surface area contributed by atoms with Crippen LogP contribution >= 0.6 is 0 Å². The number of fused-ring (bicyclic) bond motifs is 2. The van der Waals surface area contributed by atoms with Crippen molar-refractivity contribution in [3.8, 4) is 0 Å². The van der Waals surface area contributed by atoms with E-state index in [1.54, 1.807) is 6.07 Å². The van der Waals surface area contributed by atoms with Gasteiger partial charge in [-0.05, 0) is 76.1 Å². The van der Waals surface area contributed by atoms with Crippen LogP contribution in [0.25, 0.3) is 0 Å². The summed E-state index contributed by atoms with van der Waals surface area (Å²) < 4.78 is 0. The summed E-state index contributed by atoms with van der Waals surface area (Å²) in [5, 5.41) is 9.50. The monoisotopic (exact) mass is 343 g/mol. The average Bonchev–Trinajstić information content (AvgIpc) is 2.85. The van der Waals surface area contributed by atoms with Gasteiger partial charge in [0.15, 0.2) is 0 Å². The van der Waals surface area contributed by atoms with E-state index in [9.17, 15) is 9.59 Å². The predicted molar refractivity (Wildman–Crippen MR) is 99.7 cm³/mol. The molecular formula is C20H29N3O2. The van der Waals surface area contributed by atoms with Crippen molar-refractivity contribution in [3.05, 3.63) is 29.3 Å². The number of rotatable bonds is 5. The van der Waals surface area contributed by atoms with Gasteiger partial charge in [-0.15, -0.1) is 0 Å². The van der Waals surface area contributed by atoms with Crippen LogP contribution in [0.15, 0.2) is 18.2 Å². The van der Waals surface area contributed by atoms with Gasteiger partial charge in [-0.2, -0.15) is 0 Å². The third kappa shape index (κ3) is 4.60. The quantitative estimate of drug-likeness (QED) is 0.770. The van der Waals surface area contributed by atoms with Crippen LogP contribution in [0.1, 0.15) is 61.9 Å². The Kier molecular flexibility index (Phi) is 5.42. The smallest absolute Gasteiger partial charge is 0.251 e. The second-order valence-electron chi connectivity index (χ2n) is 7.89. The normalized spacial score (nSPS) is 25.0. The van der Waals surface area contributed by atoms with Crippen LogP contribution < -0.4 is 16.0 Å². The fourth-order valence-electron chi connectivity index (χ4n) is 4.15. The highest BCUT2D eigenvalue weighted by Gasteiger charge is 2.34. The first kappa shape index (κ1) is 17.9. The summed E-state index contributed by atoms with van der Waals surface area (Å²) in [7, 11) is 0. The number of anilines is 1. The van der Waals surface area contributed by atoms with Crippen LogP contribution in [0.4, 0.5) is 5.69 Å². The van der Waals surface area contributed by atoms with E-state index in [0.29, 0.717) is 30.0 Å². The van der Waals surface area contributed by atoms with Crippen molar-refractivity contribution in [3.63, 3.8) is 0 Å². The first-order valence-electron chi connectivity index (χ1n) is 9.38. The van der Waals surface area contributed by atoms with Gasteiger partial charge < -0.3 is 16.0 Å². The first-order chi connectivity index (χ1) is 11.9. The van der Waals surface area contributed by atoms with Gasteiger partial charge in [0.1, 0.15) is 0 Å². The van der Waals surface area contributed by atoms with Crippen molar-refractivity contribution in [1.82, 2.24) is 10.6 Å². The van der Waals surface area contributed by atoms with Gasteiger partial charge >= 0.3 is 0 Å². The number of carbonyl (C=O) groups is 2. The van der Waals surface area contributed by atoms with Crippen LogP contribution in [0.2, 0.25) is 0 Å². The van der Waals surface area contributed by atoms with E-state index in [1.807, 2.05) is 32.9 Å². The van der Waals surface area contributed by atoms with E-state index in [0.717, 1.165) is 24.1 Å². The standard InChI is InChI=1S/C20H29N3O2/c1-12(2)21-20(25)18-7-6-15(8-13(18)3)23-19(24)11-14-9-16-4-5-17(10-14)22-16/h6-8,12,14,16-17,22H,4-5,9-11H2,1-3H3,(H,21,25)(H,23,24). The molecule has 2 fully saturated rings. The highest BCUT2D eigenvalue weighted by atomic mass is 16.2. The molecule has 0 saturated carbocycles. The molecule has 3 N–H and O–H groups in total. The number of amides is 2. The first-order valence-corrected chi connectivity index (χ1v) is 9.38. The lowest BCUT2D eigenvalue weighted by molar-refractivity contribution is -0.117. The minimum atomic E-state index is -0.0736. The zero-order valence-corrected chi connectivity index (χ0v) is 15.4. The molecule has 2 aliphatic rings. The van der Waals surface area contributed by atoms with E-state index in [1.165, 1.54) is 12.8 Å². The summed E-state index contributed by atoms with van der Waals surface area (Å²) in [5.74, 6) is 0.483. The average molecular weight is 343 g/mol. The number of nitrogens with one attached hydrogen (secondary N) is 3. The molecule has 2 saturated heterocycles. The van der Waals surface area contributed by atoms with E-state index in [-0.39, 0.29) is 17.9 Å². The Labute approximate surface area is 150 Å². The number of piperidine rings is 1. The number of carbonyl (C=O) groups excluding carboxylic acids is 2. The molecule has 0 aromatic heterocycles. The highest BCUT2D eigenvalue weighted by molar-refractivity contribution is 5.97. The molecule has 0 spiro atoms. The van der Waals surface area contributed by atoms with Crippen molar-refractivity contribution in [2.24, 2.45) is 5.92 Å². The number of aryl methyl sites for hydroxylation is 1. The van der Waals surface area contributed by atoms with Gasteiger partial charge in [-0.25, -0.2) is 0 Å². The summed E-state index contributed by atoms with van der Waals surface area (Å²) in [5.41, 5.74) is 2.29. The molecular weight excluding hydrogens is 314 g/mol. The summed E-state index contributed by atoms with van der Waals surface area (Å²) in [4.78, 5) is 24.5. The minimum absolute atomic E-state index is 0.0736. The molecule has 25 heavy (non-hydrogen) atoms. The lowest BCUT2D eigenvalue weighted by Crippen LogP contribution is -2.39. The van der Waals surface area contributed by atoms with Crippen molar-refractivity contribution in [2.75, 3.05) is 5.32 Å². The van der Waals surface area contributed by atoms with Crippen molar-refractivity contribution >= 4 is 17.5 Å². The molecule has 5 nitrogen and oxygen atoms in total. The summed E-state index contributed by atoms with van der Waals surface area (Å²) >= 11 is 0. The summed E-state index contributed by atoms with van der Waals surface area (Å²) in [6.07, 6.45) is 5.31. The highest BCUT2D eigenvalue weighted by Crippen LogP contribution is 2.32. The fraction of sp³-hybridized carbons (Fsp3) is 0.600. The van der Waals surface area contributed by atoms with Gasteiger partial charge in [0.2, 0.25) is 5.91 Å². The molecule has 3 rings (SSSR count). The molecule has 1 aromatic rings. The molecule has 2 aliphatic heterocycles. The predicted octanol–water partition coefficient (Wildman–Crippen LogP) is 2.99. The molecule has 136 valence electrons. The van der Waals surface area contributed by atoms with Crippen molar-refractivity contribution in [1.29, 1.82) is 0 Å². The third-order valence-corrected chi connectivity index (χ3v) is 5.22. The fourth-order valence-corrected chi connectivity index (χ4v) is 4.15. The number of hydrogen-bond donors (Lipinski definition) is 3. The SMILES string of the molecule is Cc1cc(NC(=O)CC2CC3CCC(C2)N3)ccc1C(=O)NC(C)C. The summed E-state index contributed by atoms with van der Waals surface area (Å²) in [6.45, 7) is 5.78. The van der Waals surface area contributed by atoms with E-state index in [2.05, 4.69) is 16.0 Å². The number of hydrogen-bond acceptors (Lipinski definition) is 3. The topological polar surface area (TPSA) is 70.2 Å². The maximum absolute atomic E-state index is 12.4. The second-order valence-corrected chi connectivity index (χ2v) is 7.89. The molecule has 1 aromatic carbocycles. The van der Waals surface area contributed by atoms with E-state index < -0.39 is 0 Å². The largest absolute Gasteiger partial charge is 0.350 e. The van der Waals surface area contributed by atoms with Gasteiger partial charge in [-0.3, -0.25) is 9.59 Å². The van der Waals surface area contributed by atoms with Gasteiger partial charge in [-0.1, -0.05) is 0 Å². The lowest BCUT2D eigenvalue weighted by Gasteiger charge is -2.28. The second kappa shape index (κ2) is 7.56. The molecule has 5 heteroatoms.